The normalized spacial score (nSPS) is 34.5. The molecule has 2 spiro atoms. The predicted molar refractivity (Wildman–Crippen MR) is 216 cm³/mol. The molecule has 296 valence electrons. The summed E-state index contributed by atoms with van der Waals surface area (Å²) in [5, 5.41) is 12.6. The van der Waals surface area contributed by atoms with Crippen LogP contribution in [-0.2, 0) is 31.1 Å². The van der Waals surface area contributed by atoms with Crippen molar-refractivity contribution in [3.8, 4) is 11.5 Å². The molecular formula is C47H61NO6S. The van der Waals surface area contributed by atoms with Gasteiger partial charge in [0.05, 0.1) is 11.7 Å². The van der Waals surface area contributed by atoms with Crippen molar-refractivity contribution >= 4 is 11.4 Å². The summed E-state index contributed by atoms with van der Waals surface area (Å²) in [7, 11) is 1.82. The Bertz CT molecular complexity index is 1860. The smallest absolute Gasteiger partial charge is 0.360 e. The zero-order valence-corrected chi connectivity index (χ0v) is 34.5. The second kappa shape index (κ2) is 13.4. The van der Waals surface area contributed by atoms with E-state index < -0.39 is 22.6 Å². The van der Waals surface area contributed by atoms with Crippen molar-refractivity contribution < 1.29 is 27.2 Å². The van der Waals surface area contributed by atoms with Gasteiger partial charge in [0.25, 0.3) is 0 Å². The number of hydrogen-bond acceptors (Lipinski definition) is 7. The molecule has 1 N–H and O–H groups in total. The van der Waals surface area contributed by atoms with Crippen LogP contribution >= 0.6 is 0 Å². The van der Waals surface area contributed by atoms with Gasteiger partial charge >= 0.3 is 11.4 Å². The Balaban J connectivity index is 1.01. The summed E-state index contributed by atoms with van der Waals surface area (Å²) in [6.07, 6.45) is 9.14. The van der Waals surface area contributed by atoms with Crippen LogP contribution in [0.5, 0.6) is 11.5 Å². The molecule has 5 saturated carbocycles. The lowest BCUT2D eigenvalue weighted by Gasteiger charge is -2.74. The van der Waals surface area contributed by atoms with Gasteiger partial charge < -0.3 is 18.8 Å². The van der Waals surface area contributed by atoms with Crippen molar-refractivity contribution in [3.05, 3.63) is 95.6 Å². The molecule has 0 aromatic heterocycles. The number of rotatable bonds is 10. The molecule has 5 aliphatic carbocycles. The number of nitrogens with zero attached hydrogens (tertiary/aromatic N) is 1. The highest BCUT2D eigenvalue weighted by atomic mass is 32.2. The minimum Gasteiger partial charge on any atom is -0.482 e. The second-order valence-corrected chi connectivity index (χ2v) is 20.1. The topological polar surface area (TPSA) is 77.5 Å². The van der Waals surface area contributed by atoms with Gasteiger partial charge in [-0.15, -0.1) is 0 Å². The van der Waals surface area contributed by atoms with Gasteiger partial charge in [-0.1, -0.05) is 93.6 Å². The van der Waals surface area contributed by atoms with E-state index in [-0.39, 0.29) is 39.8 Å². The van der Waals surface area contributed by atoms with Crippen LogP contribution in [0, 0.1) is 22.7 Å². The first kappa shape index (κ1) is 37.8. The number of aliphatic hydroxyl groups is 1. The molecule has 6 fully saturated rings. The second-order valence-electron chi connectivity index (χ2n) is 19.3. The largest absolute Gasteiger partial charge is 0.482 e. The third-order valence-electron chi connectivity index (χ3n) is 16.3. The van der Waals surface area contributed by atoms with Crippen LogP contribution in [0.25, 0.3) is 0 Å². The van der Waals surface area contributed by atoms with E-state index in [9.17, 15) is 9.32 Å². The van der Waals surface area contributed by atoms with E-state index in [1.54, 1.807) is 0 Å². The molecule has 0 amide bonds. The van der Waals surface area contributed by atoms with Crippen LogP contribution in [0.1, 0.15) is 116 Å². The summed E-state index contributed by atoms with van der Waals surface area (Å²) in [6, 6.07) is 28.0. The summed E-state index contributed by atoms with van der Waals surface area (Å²) in [4.78, 5) is 2.75. The summed E-state index contributed by atoms with van der Waals surface area (Å²) >= 11 is -2.02. The van der Waals surface area contributed by atoms with Gasteiger partial charge in [-0.3, -0.25) is 9.08 Å². The van der Waals surface area contributed by atoms with Crippen molar-refractivity contribution in [1.29, 1.82) is 0 Å². The number of likely N-dealkylation sites (tertiary alicyclic amines) is 1. The van der Waals surface area contributed by atoms with Gasteiger partial charge in [0.15, 0.2) is 11.5 Å². The van der Waals surface area contributed by atoms with Crippen molar-refractivity contribution in [3.63, 3.8) is 0 Å². The maximum atomic E-state index is 13.9. The molecule has 55 heavy (non-hydrogen) atoms. The van der Waals surface area contributed by atoms with Crippen LogP contribution < -0.4 is 8.92 Å². The van der Waals surface area contributed by atoms with Gasteiger partial charge in [-0.2, -0.15) is 4.21 Å². The van der Waals surface area contributed by atoms with E-state index in [1.165, 1.54) is 24.0 Å². The Labute approximate surface area is 331 Å². The molecule has 8 atom stereocenters. The highest BCUT2D eigenvalue weighted by molar-refractivity contribution is 7.75. The van der Waals surface area contributed by atoms with Crippen LogP contribution in [0.3, 0.4) is 0 Å². The third-order valence-corrected chi connectivity index (χ3v) is 17.1. The molecule has 3 aromatic carbocycles. The Morgan fingerprint density at radius 2 is 1.51 bits per heavy atom. The first-order chi connectivity index (χ1) is 26.3. The summed E-state index contributed by atoms with van der Waals surface area (Å²) in [5.74, 6) is 1.79. The van der Waals surface area contributed by atoms with Crippen molar-refractivity contribution in [2.45, 2.75) is 139 Å². The predicted octanol–water partition coefficient (Wildman–Crippen LogP) is 9.08. The van der Waals surface area contributed by atoms with E-state index in [2.05, 4.69) is 99.3 Å². The number of benzene rings is 3. The average Bonchev–Trinajstić information content (AvgIpc) is 3.94. The van der Waals surface area contributed by atoms with Crippen molar-refractivity contribution in [2.24, 2.45) is 22.7 Å². The van der Waals surface area contributed by atoms with E-state index in [4.69, 9.17) is 17.8 Å². The molecule has 3 aromatic rings. The molecular weight excluding hydrogens is 707 g/mol. The zero-order chi connectivity index (χ0) is 38.4. The molecule has 2 heterocycles. The minimum atomic E-state index is -2.02. The van der Waals surface area contributed by atoms with Crippen LogP contribution in [0.2, 0.25) is 0 Å². The summed E-state index contributed by atoms with van der Waals surface area (Å²) in [6.45, 7) is 13.1. The number of hydrogen-bond donors (Lipinski definition) is 1. The number of ether oxygens (including phenoxy) is 2. The fraction of sp³-hybridized carbons (Fsp3) is 0.617. The van der Waals surface area contributed by atoms with E-state index in [0.29, 0.717) is 17.5 Å². The maximum absolute atomic E-state index is 13.9. The fourth-order valence-electron chi connectivity index (χ4n) is 12.6. The number of para-hydroxylation sites is 1. The minimum absolute atomic E-state index is 0.109. The lowest BCUT2D eigenvalue weighted by Crippen LogP contribution is -2.81. The van der Waals surface area contributed by atoms with Crippen molar-refractivity contribution in [1.82, 2.24) is 4.90 Å². The van der Waals surface area contributed by atoms with Gasteiger partial charge in [-0.05, 0) is 119 Å². The first-order valence-corrected chi connectivity index (χ1v) is 22.0. The molecule has 8 heteroatoms. The SMILES string of the molecule is COC12CCC3(CC1C(C)(O)C(C)(C)C)C(C)N(CC1CC1)CCC31c3cccc(OS(=O)OC4CCC(c5ccccc5)(c5ccccc5)CC4)c3OC21. The van der Waals surface area contributed by atoms with Crippen LogP contribution in [-0.4, -0.2) is 63.9 Å². The Morgan fingerprint density at radius 3 is 2.11 bits per heavy atom. The lowest BCUT2D eigenvalue weighted by molar-refractivity contribution is -0.309. The average molecular weight is 768 g/mol. The molecule has 7 nitrogen and oxygen atoms in total. The highest BCUT2D eigenvalue weighted by Gasteiger charge is 2.80. The molecule has 7 aliphatic rings. The third kappa shape index (κ3) is 5.58. The quantitative estimate of drug-likeness (QED) is 0.221. The van der Waals surface area contributed by atoms with Crippen LogP contribution in [0.15, 0.2) is 78.9 Å². The van der Waals surface area contributed by atoms with Gasteiger partial charge in [-0.25, -0.2) is 0 Å². The van der Waals surface area contributed by atoms with E-state index in [0.717, 1.165) is 75.9 Å². The Hall–Kier alpha value is -2.75. The number of piperidine rings is 1. The maximum Gasteiger partial charge on any atom is 0.360 e. The van der Waals surface area contributed by atoms with Gasteiger partial charge in [0.1, 0.15) is 11.7 Å². The highest BCUT2D eigenvalue weighted by Crippen LogP contribution is 2.76. The van der Waals surface area contributed by atoms with Gasteiger partial charge in [0, 0.05) is 42.0 Å². The summed E-state index contributed by atoms with van der Waals surface area (Å²) < 4.78 is 40.5. The molecule has 1 saturated heterocycles. The Morgan fingerprint density at radius 1 is 0.855 bits per heavy atom. The summed E-state index contributed by atoms with van der Waals surface area (Å²) in [5.41, 5.74) is 1.11. The zero-order valence-electron chi connectivity index (χ0n) is 33.7. The van der Waals surface area contributed by atoms with Gasteiger partial charge in [0.2, 0.25) is 0 Å². The van der Waals surface area contributed by atoms with Crippen LogP contribution in [0.4, 0.5) is 0 Å². The lowest BCUT2D eigenvalue weighted by atomic mass is 9.35. The monoisotopic (exact) mass is 767 g/mol. The molecule has 2 bridgehead atoms. The standard InChI is InChI=1S/C47H61NO6S/c1-32-45-26-27-47(51-6,39(30-45)43(5,49)42(2,3)4)41-46(45,28-29-48(32)31-33-20-21-33)37-18-13-19-38(40(37)52-41)54-55(50)53-36-22-24-44(25-23-36,34-14-9-7-10-15-34)35-16-11-8-12-17-35/h7-19,32-33,36,39,41,49H,20-31H2,1-6H3. The van der Waals surface area contributed by atoms with E-state index >= 15 is 0 Å². The first-order valence-electron chi connectivity index (χ1n) is 21.0. The number of fused-ring (bicyclic) bond motifs is 3. The van der Waals surface area contributed by atoms with Crippen molar-refractivity contribution in [2.75, 3.05) is 20.2 Å². The molecule has 8 unspecified atom stereocenters. The molecule has 0 radical (unpaired) electrons. The molecule has 10 rings (SSSR count). The molecule has 2 aliphatic heterocycles. The van der Waals surface area contributed by atoms with E-state index in [1.807, 2.05) is 26.2 Å². The fourth-order valence-corrected chi connectivity index (χ4v) is 13.3. The number of methoxy groups -OCH3 is 1. The Kier molecular flexibility index (Phi) is 9.22.